The Labute approximate surface area is 356 Å². The molecular weight excluding hydrogens is 832 g/mol. The Balaban J connectivity index is 0.925. The number of ether oxygens (including phenoxy) is 9. The lowest BCUT2D eigenvalue weighted by molar-refractivity contribution is -0.379. The van der Waals surface area contributed by atoms with Crippen molar-refractivity contribution in [2.75, 3.05) is 59.3 Å². The number of carbonyl (C=O) groups is 2. The lowest BCUT2D eigenvalue weighted by Crippen LogP contribution is -2.66. The summed E-state index contributed by atoms with van der Waals surface area (Å²) in [6, 6.07) is 7.09. The Morgan fingerprint density at radius 2 is 1.24 bits per heavy atom. The quantitative estimate of drug-likeness (QED) is 0.0578. The number of hydrogen-bond donors (Lipinski definition) is 11. The zero-order chi connectivity index (χ0) is 44.5. The van der Waals surface area contributed by atoms with Gasteiger partial charge in [-0.15, -0.1) is 0 Å². The van der Waals surface area contributed by atoms with E-state index in [4.69, 9.17) is 42.6 Å². The van der Waals surface area contributed by atoms with E-state index in [1.165, 1.54) is 4.90 Å². The van der Waals surface area contributed by atoms with Gasteiger partial charge in [-0.1, -0.05) is 25.0 Å². The van der Waals surface area contributed by atoms with E-state index < -0.39 is 124 Å². The molecule has 23 heteroatoms. The number of aliphatic hydroxyl groups is 10. The summed E-state index contributed by atoms with van der Waals surface area (Å²) >= 11 is 0. The lowest BCUT2D eigenvalue weighted by atomic mass is 9.96. The van der Waals surface area contributed by atoms with Gasteiger partial charge in [0.1, 0.15) is 86.4 Å². The molecule has 352 valence electrons. The molecule has 5 aliphatic rings. The number of para-hydroxylation sites is 2. The predicted molar refractivity (Wildman–Crippen MR) is 203 cm³/mol. The molecule has 0 spiro atoms. The van der Waals surface area contributed by atoms with E-state index in [-0.39, 0.29) is 51.3 Å². The number of carbonyl (C=O) groups excluding carboxylic acids is 2. The highest BCUT2D eigenvalue weighted by Gasteiger charge is 2.53. The first-order valence-corrected chi connectivity index (χ1v) is 20.8. The number of benzene rings is 1. The van der Waals surface area contributed by atoms with Crippen LogP contribution in [0.1, 0.15) is 32.1 Å². The van der Waals surface area contributed by atoms with Gasteiger partial charge in [-0.05, 0) is 30.9 Å². The van der Waals surface area contributed by atoms with Crippen LogP contribution >= 0.6 is 0 Å². The SMILES string of the molecule is O=C(CN(C(=O)CC1CCCC1)C1COc2ccccc2O1)NCCOCCO[C@@H]1O[C@H](CO)[C@@H](O[C@@H]2O[C@H](CO)[C@H](O[C@H]3O[C@H](CO)[C@H](O)[C@H](O)[C@H]3O)[C@H](O)[C@H]2O)[C@H](O)[C@H]1O. The summed E-state index contributed by atoms with van der Waals surface area (Å²) in [6.07, 6.45) is -21.7. The second-order valence-electron chi connectivity index (χ2n) is 15.9. The molecule has 2 amide bonds. The highest BCUT2D eigenvalue weighted by Crippen LogP contribution is 2.35. The summed E-state index contributed by atoms with van der Waals surface area (Å²) in [5, 5.41) is 106. The Hall–Kier alpha value is -2.92. The summed E-state index contributed by atoms with van der Waals surface area (Å²) < 4.78 is 50.7. The summed E-state index contributed by atoms with van der Waals surface area (Å²) in [7, 11) is 0. The van der Waals surface area contributed by atoms with Crippen LogP contribution in [0.4, 0.5) is 0 Å². The van der Waals surface area contributed by atoms with Crippen LogP contribution in [-0.2, 0) is 42.7 Å². The molecule has 1 saturated carbocycles. The van der Waals surface area contributed by atoms with Crippen molar-refractivity contribution >= 4 is 11.8 Å². The molecule has 1 aromatic rings. The molecule has 4 fully saturated rings. The van der Waals surface area contributed by atoms with Crippen molar-refractivity contribution in [1.82, 2.24) is 10.2 Å². The largest absolute Gasteiger partial charge is 0.484 e. The highest BCUT2D eigenvalue weighted by molar-refractivity contribution is 5.85. The topological polar surface area (TPSA) is 335 Å². The lowest BCUT2D eigenvalue weighted by Gasteiger charge is -2.48. The van der Waals surface area contributed by atoms with Crippen molar-refractivity contribution in [3.63, 3.8) is 0 Å². The maximum atomic E-state index is 13.4. The third-order valence-corrected chi connectivity index (χ3v) is 11.6. The van der Waals surface area contributed by atoms with Gasteiger partial charge < -0.3 is 99.0 Å². The minimum Gasteiger partial charge on any atom is -0.484 e. The highest BCUT2D eigenvalue weighted by atomic mass is 16.8. The van der Waals surface area contributed by atoms with Crippen molar-refractivity contribution in [3.8, 4) is 11.5 Å². The first-order chi connectivity index (χ1) is 29.8. The molecule has 4 heterocycles. The number of fused-ring (bicyclic) bond motifs is 1. The fraction of sp³-hybridized carbons (Fsp3) is 0.795. The zero-order valence-electron chi connectivity index (χ0n) is 33.9. The molecule has 4 aliphatic heterocycles. The van der Waals surface area contributed by atoms with Gasteiger partial charge >= 0.3 is 0 Å². The van der Waals surface area contributed by atoms with Crippen molar-refractivity contribution < 1.29 is 103 Å². The first kappa shape index (κ1) is 48.5. The van der Waals surface area contributed by atoms with E-state index in [2.05, 4.69) is 5.32 Å². The number of nitrogens with one attached hydrogen (secondary N) is 1. The summed E-state index contributed by atoms with van der Waals surface area (Å²) in [5.74, 6) is 0.658. The van der Waals surface area contributed by atoms with Gasteiger partial charge in [-0.25, -0.2) is 0 Å². The van der Waals surface area contributed by atoms with E-state index in [9.17, 15) is 60.7 Å². The molecule has 16 atom stereocenters. The molecule has 62 heavy (non-hydrogen) atoms. The van der Waals surface area contributed by atoms with Crippen LogP contribution in [0.5, 0.6) is 11.5 Å². The number of rotatable bonds is 19. The van der Waals surface area contributed by atoms with Gasteiger partial charge in [0.2, 0.25) is 18.0 Å². The third kappa shape index (κ3) is 11.7. The second kappa shape index (κ2) is 22.8. The third-order valence-electron chi connectivity index (χ3n) is 11.6. The van der Waals surface area contributed by atoms with Crippen LogP contribution in [0.2, 0.25) is 0 Å². The van der Waals surface area contributed by atoms with Crippen LogP contribution < -0.4 is 14.8 Å². The number of amides is 2. The smallest absolute Gasteiger partial charge is 0.239 e. The Morgan fingerprint density at radius 3 is 1.87 bits per heavy atom. The normalized spacial score (nSPS) is 37.5. The van der Waals surface area contributed by atoms with Gasteiger partial charge in [0.05, 0.1) is 39.6 Å². The fourth-order valence-electron chi connectivity index (χ4n) is 8.07. The van der Waals surface area contributed by atoms with Gasteiger partial charge in [0.25, 0.3) is 0 Å². The molecule has 1 unspecified atom stereocenters. The van der Waals surface area contributed by atoms with Crippen LogP contribution in [0, 0.1) is 5.92 Å². The Morgan fingerprint density at radius 1 is 0.677 bits per heavy atom. The molecule has 23 nitrogen and oxygen atoms in total. The molecule has 0 bridgehead atoms. The van der Waals surface area contributed by atoms with Crippen LogP contribution in [0.3, 0.4) is 0 Å². The Kier molecular flexibility index (Phi) is 17.9. The molecule has 0 aromatic heterocycles. The summed E-state index contributed by atoms with van der Waals surface area (Å²) in [4.78, 5) is 27.8. The maximum absolute atomic E-state index is 13.4. The van der Waals surface area contributed by atoms with Crippen LogP contribution in [0.25, 0.3) is 0 Å². The predicted octanol–water partition coefficient (Wildman–Crippen LogP) is -5.21. The fourth-order valence-corrected chi connectivity index (χ4v) is 8.07. The van der Waals surface area contributed by atoms with Gasteiger partial charge in [-0.2, -0.15) is 0 Å². The van der Waals surface area contributed by atoms with Crippen molar-refractivity contribution in [2.45, 2.75) is 130 Å². The van der Waals surface area contributed by atoms with E-state index in [1.807, 2.05) is 6.07 Å². The average Bonchev–Trinajstić information content (AvgIpc) is 3.79. The van der Waals surface area contributed by atoms with E-state index >= 15 is 0 Å². The van der Waals surface area contributed by atoms with E-state index in [1.54, 1.807) is 18.2 Å². The zero-order valence-corrected chi connectivity index (χ0v) is 33.9. The van der Waals surface area contributed by atoms with Crippen LogP contribution in [-0.4, -0.2) is 225 Å². The maximum Gasteiger partial charge on any atom is 0.239 e. The molecule has 1 aromatic carbocycles. The van der Waals surface area contributed by atoms with Gasteiger partial charge in [0, 0.05) is 13.0 Å². The molecule has 11 N–H and O–H groups in total. The standard InChI is InChI=1S/C39H60N2O21/c42-15-22-28(47)29(48)32(51)38(58-22)61-36-24(17-44)60-39(34(53)31(36)50)62-35-23(16-43)59-37(33(52)30(35)49)55-12-11-54-10-9-40-25(45)14-41(26(46)13-19-5-1-2-6-19)27-18-56-20-7-3-4-8-21(20)57-27/h3-4,7-8,19,22-24,27-39,42-44,47-53H,1-2,5-6,9-18H2,(H,40,45)/t22-,23-,24-,27?,28+,29+,30-,31-,32-,33-,34-,35-,36+,37-,38-,39+/m1/s1. The molecule has 6 rings (SSSR count). The number of nitrogens with zero attached hydrogens (tertiary/aromatic N) is 1. The van der Waals surface area contributed by atoms with Crippen molar-refractivity contribution in [2.24, 2.45) is 5.92 Å². The molecular formula is C39H60N2O21. The monoisotopic (exact) mass is 892 g/mol. The minimum atomic E-state index is -1.96. The average molecular weight is 893 g/mol. The molecule has 0 radical (unpaired) electrons. The minimum absolute atomic E-state index is 0.0458. The van der Waals surface area contributed by atoms with Crippen molar-refractivity contribution in [1.29, 1.82) is 0 Å². The van der Waals surface area contributed by atoms with Gasteiger partial charge in [0.15, 0.2) is 30.4 Å². The first-order valence-electron chi connectivity index (χ1n) is 20.8. The van der Waals surface area contributed by atoms with E-state index in [0.717, 1.165) is 25.7 Å². The van der Waals surface area contributed by atoms with Crippen LogP contribution in [0.15, 0.2) is 24.3 Å². The summed E-state index contributed by atoms with van der Waals surface area (Å²) in [5.41, 5.74) is 0. The summed E-state index contributed by atoms with van der Waals surface area (Å²) in [6.45, 7) is -2.67. The molecule has 1 aliphatic carbocycles. The van der Waals surface area contributed by atoms with E-state index in [0.29, 0.717) is 17.9 Å². The molecule has 3 saturated heterocycles. The van der Waals surface area contributed by atoms with Gasteiger partial charge in [-0.3, -0.25) is 14.5 Å². The van der Waals surface area contributed by atoms with Crippen molar-refractivity contribution in [3.05, 3.63) is 24.3 Å². The second-order valence-corrected chi connectivity index (χ2v) is 15.9. The number of aliphatic hydroxyl groups excluding tert-OH is 10. The Bertz CT molecular complexity index is 1550. The number of hydrogen-bond acceptors (Lipinski definition) is 21.